The maximum absolute atomic E-state index is 13.1. The van der Waals surface area contributed by atoms with Gasteiger partial charge in [0, 0.05) is 19.4 Å². The number of nitrogens with zero attached hydrogens (tertiary/aromatic N) is 6. The number of benzene rings is 1. The van der Waals surface area contributed by atoms with Crippen molar-refractivity contribution in [2.75, 3.05) is 6.54 Å². The van der Waals surface area contributed by atoms with Crippen molar-refractivity contribution in [2.24, 2.45) is 0 Å². The molecule has 1 aliphatic heterocycles. The maximum atomic E-state index is 13.1. The minimum Gasteiger partial charge on any atom is -0.336 e. The summed E-state index contributed by atoms with van der Waals surface area (Å²) in [5.41, 5.74) is 4.23. The van der Waals surface area contributed by atoms with Crippen LogP contribution in [-0.2, 0) is 30.7 Å². The van der Waals surface area contributed by atoms with Crippen molar-refractivity contribution in [3.8, 4) is 0 Å². The van der Waals surface area contributed by atoms with E-state index in [9.17, 15) is 9.18 Å². The first-order valence-electron chi connectivity index (χ1n) is 8.90. The van der Waals surface area contributed by atoms with Crippen LogP contribution in [-0.4, -0.2) is 47.8 Å². The third kappa shape index (κ3) is 3.71. The number of halogens is 1. The van der Waals surface area contributed by atoms with Crippen LogP contribution >= 0.6 is 0 Å². The van der Waals surface area contributed by atoms with Crippen LogP contribution in [0.4, 0.5) is 4.39 Å². The summed E-state index contributed by atoms with van der Waals surface area (Å²) >= 11 is 0. The number of rotatable bonds is 5. The lowest BCUT2D eigenvalue weighted by Crippen LogP contribution is -2.37. The molecule has 0 aliphatic carbocycles. The van der Waals surface area contributed by atoms with Gasteiger partial charge in [-0.1, -0.05) is 12.1 Å². The molecule has 1 aliphatic rings. The zero-order valence-corrected chi connectivity index (χ0v) is 15.0. The number of tetrazole rings is 1. The van der Waals surface area contributed by atoms with Crippen molar-refractivity contribution in [3.05, 3.63) is 58.4 Å². The molecule has 0 saturated heterocycles. The summed E-state index contributed by atoms with van der Waals surface area (Å²) in [6.45, 7) is 3.77. The lowest BCUT2D eigenvalue weighted by atomic mass is 10.0. The van der Waals surface area contributed by atoms with Crippen molar-refractivity contribution in [1.29, 1.82) is 0 Å². The van der Waals surface area contributed by atoms with Crippen LogP contribution in [0.3, 0.4) is 0 Å². The zero-order valence-electron chi connectivity index (χ0n) is 15.0. The number of amides is 1. The molecule has 0 bridgehead atoms. The fourth-order valence-electron chi connectivity index (χ4n) is 3.45. The average Bonchev–Trinajstić information content (AvgIpc) is 3.30. The number of aromatic nitrogens is 6. The fraction of sp³-hybridized carbons (Fsp3) is 0.389. The standard InChI is InChI=1S/C18H20FN7O/c1-12-15-8-9-25(18(27)7-6-17-20-23-24-21-17)11-16(15)26(22-12)10-13-2-4-14(19)5-3-13/h2-5H,6-11H2,1H3,(H,20,21,23,24). The second-order valence-electron chi connectivity index (χ2n) is 6.71. The van der Waals surface area contributed by atoms with Gasteiger partial charge in [-0.25, -0.2) is 9.49 Å². The molecule has 1 amide bonds. The van der Waals surface area contributed by atoms with E-state index in [1.807, 2.05) is 16.5 Å². The predicted octanol–water partition coefficient (Wildman–Crippen LogP) is 1.41. The molecule has 8 nitrogen and oxygen atoms in total. The highest BCUT2D eigenvalue weighted by molar-refractivity contribution is 5.76. The van der Waals surface area contributed by atoms with Crippen LogP contribution in [0.15, 0.2) is 24.3 Å². The zero-order chi connectivity index (χ0) is 18.8. The summed E-state index contributed by atoms with van der Waals surface area (Å²) in [6, 6.07) is 6.42. The molecule has 2 aromatic heterocycles. The predicted molar refractivity (Wildman–Crippen MR) is 94.1 cm³/mol. The molecule has 3 heterocycles. The molecule has 1 N–H and O–H groups in total. The van der Waals surface area contributed by atoms with E-state index in [-0.39, 0.29) is 11.7 Å². The van der Waals surface area contributed by atoms with Gasteiger partial charge >= 0.3 is 0 Å². The molecule has 0 radical (unpaired) electrons. The average molecular weight is 369 g/mol. The Hall–Kier alpha value is -3.10. The number of carbonyl (C=O) groups excluding carboxylic acids is 1. The van der Waals surface area contributed by atoms with E-state index in [0.717, 1.165) is 23.4 Å². The molecule has 1 aromatic carbocycles. The maximum Gasteiger partial charge on any atom is 0.223 e. The molecule has 0 saturated carbocycles. The van der Waals surface area contributed by atoms with Crippen LogP contribution in [0.25, 0.3) is 0 Å². The van der Waals surface area contributed by atoms with E-state index >= 15 is 0 Å². The van der Waals surface area contributed by atoms with Crippen LogP contribution in [0.1, 0.15) is 34.8 Å². The van der Waals surface area contributed by atoms with E-state index in [1.165, 1.54) is 17.7 Å². The van der Waals surface area contributed by atoms with Crippen molar-refractivity contribution < 1.29 is 9.18 Å². The first-order valence-corrected chi connectivity index (χ1v) is 8.90. The normalized spacial score (nSPS) is 13.6. The Labute approximate surface area is 155 Å². The van der Waals surface area contributed by atoms with Gasteiger partial charge < -0.3 is 4.90 Å². The number of aromatic amines is 1. The van der Waals surface area contributed by atoms with E-state index < -0.39 is 0 Å². The number of fused-ring (bicyclic) bond motifs is 1. The van der Waals surface area contributed by atoms with Crippen LogP contribution in [0, 0.1) is 12.7 Å². The molecule has 0 atom stereocenters. The van der Waals surface area contributed by atoms with Gasteiger partial charge in [0.25, 0.3) is 0 Å². The molecule has 0 fully saturated rings. The SMILES string of the molecule is Cc1nn(Cc2ccc(F)cc2)c2c1CCN(C(=O)CCc1nnn[nH]1)C2. The van der Waals surface area contributed by atoms with Gasteiger partial charge in [0.1, 0.15) is 11.6 Å². The van der Waals surface area contributed by atoms with E-state index in [2.05, 4.69) is 25.7 Å². The number of hydrogen-bond acceptors (Lipinski definition) is 5. The summed E-state index contributed by atoms with van der Waals surface area (Å²) in [5, 5.41) is 18.2. The molecular weight excluding hydrogens is 349 g/mol. The topological polar surface area (TPSA) is 92.6 Å². The first kappa shape index (κ1) is 17.3. The van der Waals surface area contributed by atoms with E-state index in [1.54, 1.807) is 12.1 Å². The summed E-state index contributed by atoms with van der Waals surface area (Å²) in [7, 11) is 0. The summed E-state index contributed by atoms with van der Waals surface area (Å²) in [5.74, 6) is 0.429. The van der Waals surface area contributed by atoms with Gasteiger partial charge in [0.2, 0.25) is 5.91 Å². The molecule has 27 heavy (non-hydrogen) atoms. The Kier molecular flexibility index (Phi) is 4.66. The van der Waals surface area contributed by atoms with E-state index in [4.69, 9.17) is 0 Å². The Morgan fingerprint density at radius 2 is 2.11 bits per heavy atom. The van der Waals surface area contributed by atoms with Gasteiger partial charge in [0.15, 0.2) is 0 Å². The number of nitrogens with one attached hydrogen (secondary N) is 1. The van der Waals surface area contributed by atoms with Crippen molar-refractivity contribution in [1.82, 2.24) is 35.3 Å². The molecular formula is C18H20FN7O. The van der Waals surface area contributed by atoms with Crippen LogP contribution in [0.5, 0.6) is 0 Å². The molecule has 140 valence electrons. The summed E-state index contributed by atoms with van der Waals surface area (Å²) in [4.78, 5) is 14.4. The first-order chi connectivity index (χ1) is 13.1. The summed E-state index contributed by atoms with van der Waals surface area (Å²) in [6.07, 6.45) is 1.64. The Bertz CT molecular complexity index is 934. The Morgan fingerprint density at radius 3 is 2.85 bits per heavy atom. The van der Waals surface area contributed by atoms with E-state index in [0.29, 0.717) is 38.3 Å². The van der Waals surface area contributed by atoms with Gasteiger partial charge in [-0.3, -0.25) is 9.48 Å². The lowest BCUT2D eigenvalue weighted by molar-refractivity contribution is -0.132. The second-order valence-corrected chi connectivity index (χ2v) is 6.71. The van der Waals surface area contributed by atoms with Crippen LogP contribution in [0.2, 0.25) is 0 Å². The number of carbonyl (C=O) groups is 1. The lowest BCUT2D eigenvalue weighted by Gasteiger charge is -2.28. The van der Waals surface area contributed by atoms with Crippen LogP contribution < -0.4 is 0 Å². The number of aryl methyl sites for hydroxylation is 2. The number of hydrogen-bond donors (Lipinski definition) is 1. The molecule has 0 spiro atoms. The molecule has 0 unspecified atom stereocenters. The monoisotopic (exact) mass is 369 g/mol. The highest BCUT2D eigenvalue weighted by atomic mass is 19.1. The summed E-state index contributed by atoms with van der Waals surface area (Å²) < 4.78 is 15.1. The highest BCUT2D eigenvalue weighted by Gasteiger charge is 2.26. The van der Waals surface area contributed by atoms with Crippen molar-refractivity contribution in [2.45, 2.75) is 39.3 Å². The third-order valence-electron chi connectivity index (χ3n) is 4.90. The quantitative estimate of drug-likeness (QED) is 0.734. The number of H-pyrrole nitrogens is 1. The largest absolute Gasteiger partial charge is 0.336 e. The minimum atomic E-state index is -0.254. The molecule has 4 rings (SSSR count). The van der Waals surface area contributed by atoms with Gasteiger partial charge in [-0.05, 0) is 47.0 Å². The third-order valence-corrected chi connectivity index (χ3v) is 4.90. The van der Waals surface area contributed by atoms with Gasteiger partial charge in [0.05, 0.1) is 24.5 Å². The second kappa shape index (κ2) is 7.26. The Morgan fingerprint density at radius 1 is 1.30 bits per heavy atom. The van der Waals surface area contributed by atoms with Crippen molar-refractivity contribution in [3.63, 3.8) is 0 Å². The highest BCUT2D eigenvalue weighted by Crippen LogP contribution is 2.23. The minimum absolute atomic E-state index is 0.0734. The van der Waals surface area contributed by atoms with Gasteiger partial charge in [-0.15, -0.1) is 5.10 Å². The Balaban J connectivity index is 1.47. The molecule has 9 heteroatoms. The smallest absolute Gasteiger partial charge is 0.223 e. The van der Waals surface area contributed by atoms with Gasteiger partial charge in [-0.2, -0.15) is 5.10 Å². The van der Waals surface area contributed by atoms with Crippen molar-refractivity contribution >= 4 is 5.91 Å². The molecule has 3 aromatic rings. The fourth-order valence-corrected chi connectivity index (χ4v) is 3.45.